The fourth-order valence-corrected chi connectivity index (χ4v) is 2.85. The molecule has 1 saturated carbocycles. The maximum atomic E-state index is 11.4. The van der Waals surface area contributed by atoms with E-state index in [2.05, 4.69) is 29.3 Å². The number of hydrogen-bond acceptors (Lipinski definition) is 4. The maximum Gasteiger partial charge on any atom is 0.339 e. The number of aromatic nitrogens is 1. The fourth-order valence-electron chi connectivity index (χ4n) is 2.85. The van der Waals surface area contributed by atoms with Gasteiger partial charge in [-0.2, -0.15) is 0 Å². The zero-order chi connectivity index (χ0) is 14.9. The quantitative estimate of drug-likeness (QED) is 0.864. The number of aryl methyl sites for hydroxylation is 2. The molecule has 1 aromatic heterocycles. The van der Waals surface area contributed by atoms with E-state index in [-0.39, 0.29) is 11.1 Å². The molecule has 0 saturated heterocycles. The van der Waals surface area contributed by atoms with Crippen LogP contribution in [0.5, 0.6) is 0 Å². The summed E-state index contributed by atoms with van der Waals surface area (Å²) in [4.78, 5) is 18.0. The van der Waals surface area contributed by atoms with Gasteiger partial charge in [0.15, 0.2) is 0 Å². The van der Waals surface area contributed by atoms with Crippen molar-refractivity contribution in [1.29, 1.82) is 0 Å². The minimum Gasteiger partial charge on any atom is -0.478 e. The lowest BCUT2D eigenvalue weighted by atomic mass is 9.75. The average molecular weight is 277 g/mol. The average Bonchev–Trinajstić information content (AvgIpc) is 2.25. The van der Waals surface area contributed by atoms with Crippen LogP contribution in [-0.2, 0) is 0 Å². The first-order chi connectivity index (χ1) is 9.35. The van der Waals surface area contributed by atoms with E-state index in [1.54, 1.807) is 6.07 Å². The number of likely N-dealkylation sites (N-methyl/N-ethyl adjacent to an activating group) is 1. The van der Waals surface area contributed by atoms with Crippen molar-refractivity contribution in [3.63, 3.8) is 0 Å². The van der Waals surface area contributed by atoms with Gasteiger partial charge >= 0.3 is 5.97 Å². The molecule has 0 bridgehead atoms. The molecule has 0 unspecified atom stereocenters. The minimum absolute atomic E-state index is 0.134. The van der Waals surface area contributed by atoms with Gasteiger partial charge in [-0.15, -0.1) is 0 Å². The number of nitrogens with zero attached hydrogens (tertiary/aromatic N) is 2. The van der Waals surface area contributed by atoms with E-state index in [0.29, 0.717) is 5.82 Å². The molecule has 1 heterocycles. The number of rotatable bonds is 5. The van der Waals surface area contributed by atoms with Crippen LogP contribution in [0, 0.1) is 13.8 Å². The lowest BCUT2D eigenvalue weighted by molar-refractivity contribution is 0.0692. The van der Waals surface area contributed by atoms with E-state index in [1.807, 2.05) is 13.8 Å². The van der Waals surface area contributed by atoms with Gasteiger partial charge in [-0.1, -0.05) is 0 Å². The second-order valence-electron chi connectivity index (χ2n) is 5.94. The van der Waals surface area contributed by atoms with Gasteiger partial charge in [-0.3, -0.25) is 0 Å². The zero-order valence-corrected chi connectivity index (χ0v) is 12.7. The molecule has 0 spiro atoms. The number of carbonyl (C=O) groups is 1. The monoisotopic (exact) mass is 277 g/mol. The topological polar surface area (TPSA) is 65.5 Å². The van der Waals surface area contributed by atoms with Crippen LogP contribution in [0.4, 0.5) is 5.82 Å². The Bertz CT molecular complexity index is 522. The number of carboxylic acids is 1. The van der Waals surface area contributed by atoms with E-state index in [0.717, 1.165) is 30.6 Å². The molecule has 0 aliphatic heterocycles. The molecule has 2 rings (SSSR count). The van der Waals surface area contributed by atoms with Crippen LogP contribution < -0.4 is 5.32 Å². The summed E-state index contributed by atoms with van der Waals surface area (Å²) in [5, 5.41) is 12.6. The molecule has 20 heavy (non-hydrogen) atoms. The van der Waals surface area contributed by atoms with Crippen LogP contribution in [0.25, 0.3) is 0 Å². The third-order valence-corrected chi connectivity index (χ3v) is 4.38. The summed E-state index contributed by atoms with van der Waals surface area (Å²) in [6.45, 7) is 4.43. The highest BCUT2D eigenvalue weighted by Gasteiger charge is 2.39. The van der Waals surface area contributed by atoms with Gasteiger partial charge in [0.25, 0.3) is 0 Å². The second kappa shape index (κ2) is 5.40. The Kier molecular flexibility index (Phi) is 3.99. The van der Waals surface area contributed by atoms with Crippen LogP contribution >= 0.6 is 0 Å². The first-order valence-electron chi connectivity index (χ1n) is 6.98. The Morgan fingerprint density at radius 3 is 2.55 bits per heavy atom. The van der Waals surface area contributed by atoms with E-state index in [1.165, 1.54) is 6.42 Å². The molecule has 5 heteroatoms. The van der Waals surface area contributed by atoms with Crippen molar-refractivity contribution < 1.29 is 9.90 Å². The summed E-state index contributed by atoms with van der Waals surface area (Å²) >= 11 is 0. The maximum absolute atomic E-state index is 11.4. The second-order valence-corrected chi connectivity index (χ2v) is 5.94. The summed E-state index contributed by atoms with van der Waals surface area (Å²) in [6.07, 6.45) is 3.51. The van der Waals surface area contributed by atoms with E-state index in [9.17, 15) is 9.90 Å². The SMILES string of the molecule is Cc1cc(C)c(C(=O)O)c(NCC2(N(C)C)CCC2)n1. The Hall–Kier alpha value is -1.62. The van der Waals surface area contributed by atoms with Crippen LogP contribution in [0.3, 0.4) is 0 Å². The number of pyridine rings is 1. The highest BCUT2D eigenvalue weighted by molar-refractivity contribution is 5.94. The third-order valence-electron chi connectivity index (χ3n) is 4.38. The molecule has 110 valence electrons. The normalized spacial score (nSPS) is 16.9. The number of hydrogen-bond donors (Lipinski definition) is 2. The molecular formula is C15H23N3O2. The fraction of sp³-hybridized carbons (Fsp3) is 0.600. The van der Waals surface area contributed by atoms with E-state index in [4.69, 9.17) is 0 Å². The summed E-state index contributed by atoms with van der Waals surface area (Å²) in [7, 11) is 4.15. The molecule has 1 aliphatic carbocycles. The first kappa shape index (κ1) is 14.8. The smallest absolute Gasteiger partial charge is 0.339 e. The molecule has 2 N–H and O–H groups in total. The van der Waals surface area contributed by atoms with Crippen LogP contribution in [0.2, 0.25) is 0 Å². The molecule has 0 aromatic carbocycles. The van der Waals surface area contributed by atoms with Gasteiger partial charge in [0.1, 0.15) is 11.4 Å². The Labute approximate surface area is 120 Å². The van der Waals surface area contributed by atoms with Gasteiger partial charge < -0.3 is 15.3 Å². The summed E-state index contributed by atoms with van der Waals surface area (Å²) in [5.41, 5.74) is 2.00. The van der Waals surface area contributed by atoms with Gasteiger partial charge in [0, 0.05) is 17.8 Å². The van der Waals surface area contributed by atoms with E-state index < -0.39 is 5.97 Å². The first-order valence-corrected chi connectivity index (χ1v) is 6.98. The number of nitrogens with one attached hydrogen (secondary N) is 1. The van der Waals surface area contributed by atoms with Crippen molar-refractivity contribution in [1.82, 2.24) is 9.88 Å². The number of carboxylic acid groups (broad SMARTS) is 1. The van der Waals surface area contributed by atoms with Crippen molar-refractivity contribution in [2.45, 2.75) is 38.6 Å². The predicted molar refractivity (Wildman–Crippen MR) is 79.4 cm³/mol. The van der Waals surface area contributed by atoms with Gasteiger partial charge in [0.05, 0.1) is 0 Å². The molecule has 5 nitrogen and oxygen atoms in total. The molecule has 1 aromatic rings. The minimum atomic E-state index is -0.926. The highest BCUT2D eigenvalue weighted by Crippen LogP contribution is 2.36. The van der Waals surface area contributed by atoms with Crippen molar-refractivity contribution in [3.8, 4) is 0 Å². The Balaban J connectivity index is 2.23. The zero-order valence-electron chi connectivity index (χ0n) is 12.7. The molecule has 0 atom stereocenters. The summed E-state index contributed by atoms with van der Waals surface area (Å²) in [5.74, 6) is -0.437. The number of aromatic carboxylic acids is 1. The number of anilines is 1. The van der Waals surface area contributed by atoms with Crippen LogP contribution in [0.1, 0.15) is 40.9 Å². The molecule has 0 amide bonds. The Morgan fingerprint density at radius 1 is 1.45 bits per heavy atom. The van der Waals surface area contributed by atoms with Crippen molar-refractivity contribution in [2.75, 3.05) is 26.0 Å². The van der Waals surface area contributed by atoms with Crippen LogP contribution in [-0.4, -0.2) is 47.1 Å². The molecule has 1 aliphatic rings. The highest BCUT2D eigenvalue weighted by atomic mass is 16.4. The molecular weight excluding hydrogens is 254 g/mol. The van der Waals surface area contributed by atoms with Crippen molar-refractivity contribution in [2.24, 2.45) is 0 Å². The summed E-state index contributed by atoms with van der Waals surface area (Å²) < 4.78 is 0. The third kappa shape index (κ3) is 2.63. The lowest BCUT2D eigenvalue weighted by Crippen LogP contribution is -2.54. The van der Waals surface area contributed by atoms with Gasteiger partial charge in [-0.25, -0.2) is 9.78 Å². The van der Waals surface area contributed by atoms with Crippen LogP contribution in [0.15, 0.2) is 6.07 Å². The largest absolute Gasteiger partial charge is 0.478 e. The molecule has 0 radical (unpaired) electrons. The van der Waals surface area contributed by atoms with Crippen molar-refractivity contribution in [3.05, 3.63) is 22.9 Å². The van der Waals surface area contributed by atoms with E-state index >= 15 is 0 Å². The molecule has 1 fully saturated rings. The van der Waals surface area contributed by atoms with Gasteiger partial charge in [-0.05, 0) is 58.8 Å². The summed E-state index contributed by atoms with van der Waals surface area (Å²) in [6, 6.07) is 1.81. The van der Waals surface area contributed by atoms with Gasteiger partial charge in [0.2, 0.25) is 0 Å². The van der Waals surface area contributed by atoms with Crippen molar-refractivity contribution >= 4 is 11.8 Å². The predicted octanol–water partition coefficient (Wildman–Crippen LogP) is 2.29. The Morgan fingerprint density at radius 2 is 2.10 bits per heavy atom. The standard InChI is InChI=1S/C15H23N3O2/c1-10-8-11(2)17-13(12(10)14(19)20)16-9-15(18(3)4)6-5-7-15/h8H,5-7,9H2,1-4H3,(H,16,17)(H,19,20). The lowest BCUT2D eigenvalue weighted by Gasteiger charge is -2.47.